The van der Waals surface area contributed by atoms with E-state index in [1.54, 1.807) is 30.9 Å². The first-order valence-corrected chi connectivity index (χ1v) is 12.6. The lowest BCUT2D eigenvalue weighted by molar-refractivity contribution is -0.126. The Morgan fingerprint density at radius 2 is 1.81 bits per heavy atom. The molecule has 1 aliphatic rings. The number of rotatable bonds is 9. The molecule has 2 rings (SSSR count). The number of likely N-dealkylation sites (tertiary alicyclic amines) is 1. The molecule has 1 fully saturated rings. The zero-order valence-electron chi connectivity index (χ0n) is 20.1. The third-order valence-electron chi connectivity index (χ3n) is 5.42. The number of amides is 2. The predicted octanol–water partition coefficient (Wildman–Crippen LogP) is 1.93. The van der Waals surface area contributed by atoms with Crippen LogP contribution in [0.2, 0.25) is 0 Å². The largest absolute Gasteiger partial charge is 0.355 e. The molecule has 1 aromatic carbocycles. The van der Waals surface area contributed by atoms with Crippen LogP contribution in [-0.4, -0.2) is 76.3 Å². The van der Waals surface area contributed by atoms with E-state index in [2.05, 4.69) is 28.8 Å². The van der Waals surface area contributed by atoms with E-state index in [1.165, 1.54) is 12.1 Å². The van der Waals surface area contributed by atoms with Crippen molar-refractivity contribution < 1.29 is 18.0 Å². The summed E-state index contributed by atoms with van der Waals surface area (Å²) in [5, 5.41) is 3.07. The molecule has 0 aliphatic carbocycles. The van der Waals surface area contributed by atoms with Gasteiger partial charge in [-0.1, -0.05) is 19.9 Å². The molecule has 0 unspecified atom stereocenters. The molecule has 1 saturated heterocycles. The van der Waals surface area contributed by atoms with Gasteiger partial charge < -0.3 is 15.1 Å². The Morgan fingerprint density at radius 3 is 2.38 bits per heavy atom. The molecule has 32 heavy (non-hydrogen) atoms. The van der Waals surface area contributed by atoms with Crippen molar-refractivity contribution in [3.8, 4) is 0 Å². The molecule has 1 aromatic rings. The predicted molar refractivity (Wildman–Crippen MR) is 126 cm³/mol. The lowest BCUT2D eigenvalue weighted by atomic mass is 9.91. The standard InChI is InChI=1S/C23H38N4O4S/c1-17(2)25-32(30,31)20-9-7-8-19(14-20)22(29)27-12-10-18(11-13-27)21(28)24-15-23(3,4)16-26(5)6/h7-9,14,17-18,25H,10-13,15-16H2,1-6H3,(H,24,28). The molecule has 0 saturated carbocycles. The third-order valence-corrected chi connectivity index (χ3v) is 7.08. The minimum Gasteiger partial charge on any atom is -0.355 e. The van der Waals surface area contributed by atoms with E-state index >= 15 is 0 Å². The van der Waals surface area contributed by atoms with Gasteiger partial charge in [-0.25, -0.2) is 13.1 Å². The summed E-state index contributed by atoms with van der Waals surface area (Å²) in [7, 11) is 0.363. The number of hydrogen-bond donors (Lipinski definition) is 2. The molecule has 2 amide bonds. The zero-order valence-corrected chi connectivity index (χ0v) is 21.0. The van der Waals surface area contributed by atoms with Gasteiger partial charge in [-0.2, -0.15) is 0 Å². The summed E-state index contributed by atoms with van der Waals surface area (Å²) in [4.78, 5) is 29.4. The Morgan fingerprint density at radius 1 is 1.19 bits per heavy atom. The van der Waals surface area contributed by atoms with Gasteiger partial charge in [0.1, 0.15) is 0 Å². The summed E-state index contributed by atoms with van der Waals surface area (Å²) in [5.74, 6) is -0.287. The first kappa shape index (κ1) is 26.3. The average Bonchev–Trinajstić information content (AvgIpc) is 2.70. The smallest absolute Gasteiger partial charge is 0.253 e. The van der Waals surface area contributed by atoms with E-state index in [1.807, 2.05) is 14.1 Å². The van der Waals surface area contributed by atoms with Crippen molar-refractivity contribution in [1.82, 2.24) is 19.8 Å². The van der Waals surface area contributed by atoms with Crippen molar-refractivity contribution in [3.05, 3.63) is 29.8 Å². The maximum atomic E-state index is 12.9. The number of carbonyl (C=O) groups excluding carboxylic acids is 2. The highest BCUT2D eigenvalue weighted by Crippen LogP contribution is 2.22. The number of benzene rings is 1. The van der Waals surface area contributed by atoms with E-state index in [0.29, 0.717) is 38.0 Å². The van der Waals surface area contributed by atoms with Gasteiger partial charge >= 0.3 is 0 Å². The van der Waals surface area contributed by atoms with Crippen LogP contribution < -0.4 is 10.0 Å². The van der Waals surface area contributed by atoms with Gasteiger partial charge in [0, 0.05) is 43.7 Å². The Balaban J connectivity index is 1.94. The maximum absolute atomic E-state index is 12.9. The summed E-state index contributed by atoms with van der Waals surface area (Å²) in [5.41, 5.74) is 0.316. The lowest BCUT2D eigenvalue weighted by Crippen LogP contribution is -2.46. The van der Waals surface area contributed by atoms with Crippen molar-refractivity contribution in [2.75, 3.05) is 40.3 Å². The Hall–Kier alpha value is -1.97. The molecule has 0 atom stereocenters. The molecule has 180 valence electrons. The van der Waals surface area contributed by atoms with Crippen LogP contribution in [-0.2, 0) is 14.8 Å². The number of nitrogens with zero attached hydrogens (tertiary/aromatic N) is 2. The van der Waals surface area contributed by atoms with Crippen LogP contribution in [0.1, 0.15) is 50.9 Å². The van der Waals surface area contributed by atoms with Crippen molar-refractivity contribution in [1.29, 1.82) is 0 Å². The highest BCUT2D eigenvalue weighted by atomic mass is 32.2. The van der Waals surface area contributed by atoms with Crippen LogP contribution in [0.25, 0.3) is 0 Å². The molecule has 2 N–H and O–H groups in total. The number of nitrogens with one attached hydrogen (secondary N) is 2. The molecule has 0 bridgehead atoms. The van der Waals surface area contributed by atoms with Gasteiger partial charge in [0.15, 0.2) is 0 Å². The highest BCUT2D eigenvalue weighted by Gasteiger charge is 2.29. The van der Waals surface area contributed by atoms with E-state index < -0.39 is 10.0 Å². The van der Waals surface area contributed by atoms with E-state index in [-0.39, 0.29) is 34.1 Å². The van der Waals surface area contributed by atoms with Gasteiger partial charge in [0.05, 0.1) is 4.90 Å². The fourth-order valence-corrected chi connectivity index (χ4v) is 5.38. The fraction of sp³-hybridized carbons (Fsp3) is 0.652. The Bertz CT molecular complexity index is 904. The van der Waals surface area contributed by atoms with Crippen molar-refractivity contribution in [2.45, 2.75) is 51.5 Å². The summed E-state index contributed by atoms with van der Waals surface area (Å²) >= 11 is 0. The number of hydrogen-bond acceptors (Lipinski definition) is 5. The second-order valence-electron chi connectivity index (χ2n) is 9.99. The molecule has 0 spiro atoms. The van der Waals surface area contributed by atoms with Gasteiger partial charge in [0.25, 0.3) is 5.91 Å². The molecule has 1 heterocycles. The quantitative estimate of drug-likeness (QED) is 0.579. The van der Waals surface area contributed by atoms with Crippen LogP contribution in [0.4, 0.5) is 0 Å². The lowest BCUT2D eigenvalue weighted by Gasteiger charge is -2.33. The second-order valence-corrected chi connectivity index (χ2v) is 11.7. The van der Waals surface area contributed by atoms with Crippen LogP contribution in [0, 0.1) is 11.3 Å². The van der Waals surface area contributed by atoms with Gasteiger partial charge in [0.2, 0.25) is 15.9 Å². The van der Waals surface area contributed by atoms with Crippen molar-refractivity contribution >= 4 is 21.8 Å². The summed E-state index contributed by atoms with van der Waals surface area (Å²) in [6, 6.07) is 5.87. The van der Waals surface area contributed by atoms with Gasteiger partial charge in [-0.3, -0.25) is 9.59 Å². The van der Waals surface area contributed by atoms with Crippen molar-refractivity contribution in [3.63, 3.8) is 0 Å². The zero-order chi connectivity index (χ0) is 24.1. The van der Waals surface area contributed by atoms with Gasteiger partial charge in [-0.15, -0.1) is 0 Å². The van der Waals surface area contributed by atoms with Crippen LogP contribution in [0.15, 0.2) is 29.2 Å². The van der Waals surface area contributed by atoms with E-state index in [0.717, 1.165) is 6.54 Å². The van der Waals surface area contributed by atoms with E-state index in [9.17, 15) is 18.0 Å². The molecular weight excluding hydrogens is 428 g/mol. The molecular formula is C23H38N4O4S. The third kappa shape index (κ3) is 7.56. The Labute approximate surface area is 192 Å². The number of sulfonamides is 1. The molecule has 1 aliphatic heterocycles. The summed E-state index contributed by atoms with van der Waals surface area (Å²) < 4.78 is 27.4. The normalized spacial score (nSPS) is 15.9. The molecule has 8 nitrogen and oxygen atoms in total. The van der Waals surface area contributed by atoms with Crippen molar-refractivity contribution in [2.24, 2.45) is 11.3 Å². The minimum atomic E-state index is -3.67. The van der Waals surface area contributed by atoms with Gasteiger partial charge in [-0.05, 0) is 64.4 Å². The summed E-state index contributed by atoms with van der Waals surface area (Å²) in [6.45, 7) is 10.2. The SMILES string of the molecule is CC(C)NS(=O)(=O)c1cccc(C(=O)N2CCC(C(=O)NCC(C)(C)CN(C)C)CC2)c1. The number of carbonyl (C=O) groups is 2. The monoisotopic (exact) mass is 466 g/mol. The minimum absolute atomic E-state index is 0.0222. The molecule has 0 radical (unpaired) electrons. The van der Waals surface area contributed by atoms with Crippen LogP contribution >= 0.6 is 0 Å². The fourth-order valence-electron chi connectivity index (χ4n) is 4.08. The number of piperidine rings is 1. The highest BCUT2D eigenvalue weighted by molar-refractivity contribution is 7.89. The average molecular weight is 467 g/mol. The first-order chi connectivity index (χ1) is 14.8. The van der Waals surface area contributed by atoms with Crippen LogP contribution in [0.5, 0.6) is 0 Å². The maximum Gasteiger partial charge on any atom is 0.253 e. The first-order valence-electron chi connectivity index (χ1n) is 11.1. The second kappa shape index (κ2) is 10.8. The Kier molecular flexibility index (Phi) is 8.84. The van der Waals surface area contributed by atoms with Crippen LogP contribution in [0.3, 0.4) is 0 Å². The summed E-state index contributed by atoms with van der Waals surface area (Å²) in [6.07, 6.45) is 1.19. The van der Waals surface area contributed by atoms with E-state index in [4.69, 9.17) is 0 Å². The topological polar surface area (TPSA) is 98.8 Å². The molecule has 9 heteroatoms. The molecule has 0 aromatic heterocycles.